The van der Waals surface area contributed by atoms with Crippen molar-refractivity contribution in [3.63, 3.8) is 0 Å². The van der Waals surface area contributed by atoms with Gasteiger partial charge in [0.2, 0.25) is 5.28 Å². The summed E-state index contributed by atoms with van der Waals surface area (Å²) in [7, 11) is 1.62. The second kappa shape index (κ2) is 7.13. The van der Waals surface area contributed by atoms with Gasteiger partial charge in [-0.15, -0.1) is 0 Å². The van der Waals surface area contributed by atoms with Crippen molar-refractivity contribution in [2.24, 2.45) is 4.99 Å². The Bertz CT molecular complexity index is 718. The average Bonchev–Trinajstić information content (AvgIpc) is 2.44. The Morgan fingerprint density at radius 1 is 1.27 bits per heavy atom. The third-order valence-electron chi connectivity index (χ3n) is 2.98. The third kappa shape index (κ3) is 3.80. The molecular formula is C14H14Cl3N5. The van der Waals surface area contributed by atoms with E-state index in [-0.39, 0.29) is 11.3 Å². The minimum absolute atomic E-state index is 0.0843. The highest BCUT2D eigenvalue weighted by molar-refractivity contribution is 6.35. The molecule has 0 aliphatic carbocycles. The van der Waals surface area contributed by atoms with Gasteiger partial charge in [-0.2, -0.15) is 4.98 Å². The lowest BCUT2D eigenvalue weighted by Gasteiger charge is -2.18. The van der Waals surface area contributed by atoms with Crippen LogP contribution in [0.1, 0.15) is 24.2 Å². The van der Waals surface area contributed by atoms with E-state index >= 15 is 0 Å². The molecule has 0 spiro atoms. The summed E-state index contributed by atoms with van der Waals surface area (Å²) in [6.45, 7) is 1.93. The summed E-state index contributed by atoms with van der Waals surface area (Å²) in [5, 5.41) is 4.39. The molecule has 2 aromatic rings. The highest BCUT2D eigenvalue weighted by Gasteiger charge is 2.15. The molecule has 2 rings (SSSR count). The van der Waals surface area contributed by atoms with Crippen LogP contribution in [-0.4, -0.2) is 23.2 Å². The van der Waals surface area contributed by atoms with Crippen molar-refractivity contribution in [1.29, 1.82) is 0 Å². The van der Waals surface area contributed by atoms with Gasteiger partial charge < -0.3 is 11.1 Å². The monoisotopic (exact) mass is 357 g/mol. The van der Waals surface area contributed by atoms with E-state index in [9.17, 15) is 0 Å². The predicted octanol–water partition coefficient (Wildman–Crippen LogP) is 4.24. The van der Waals surface area contributed by atoms with Crippen LogP contribution < -0.4 is 11.1 Å². The summed E-state index contributed by atoms with van der Waals surface area (Å²) in [5.74, 6) is 0.424. The molecule has 116 valence electrons. The molecule has 0 fully saturated rings. The lowest BCUT2D eigenvalue weighted by Crippen LogP contribution is -2.13. The number of aliphatic imine (C=N–C) groups is 1. The van der Waals surface area contributed by atoms with E-state index in [1.165, 1.54) is 6.21 Å². The number of anilines is 2. The zero-order valence-corrected chi connectivity index (χ0v) is 14.2. The highest BCUT2D eigenvalue weighted by atomic mass is 35.5. The third-order valence-corrected chi connectivity index (χ3v) is 3.71. The maximum Gasteiger partial charge on any atom is 0.225 e. The van der Waals surface area contributed by atoms with E-state index < -0.39 is 0 Å². The molecule has 0 radical (unpaired) electrons. The molecule has 0 aliphatic heterocycles. The van der Waals surface area contributed by atoms with Crippen molar-refractivity contribution in [1.82, 2.24) is 9.97 Å². The zero-order valence-electron chi connectivity index (χ0n) is 11.9. The zero-order chi connectivity index (χ0) is 16.3. The summed E-state index contributed by atoms with van der Waals surface area (Å²) in [6.07, 6.45) is 1.52. The van der Waals surface area contributed by atoms with E-state index in [4.69, 9.17) is 40.5 Å². The molecule has 3 N–H and O–H groups in total. The second-order valence-corrected chi connectivity index (χ2v) is 5.74. The van der Waals surface area contributed by atoms with E-state index in [1.54, 1.807) is 19.2 Å². The van der Waals surface area contributed by atoms with E-state index in [1.807, 2.05) is 13.0 Å². The van der Waals surface area contributed by atoms with Crippen molar-refractivity contribution in [3.05, 3.63) is 44.8 Å². The number of aromatic nitrogens is 2. The van der Waals surface area contributed by atoms with Crippen molar-refractivity contribution in [2.75, 3.05) is 18.1 Å². The summed E-state index contributed by atoms with van der Waals surface area (Å²) < 4.78 is 0. The summed E-state index contributed by atoms with van der Waals surface area (Å²) in [5.41, 5.74) is 7.73. The molecule has 0 saturated heterocycles. The van der Waals surface area contributed by atoms with Crippen LogP contribution in [0.5, 0.6) is 0 Å². The van der Waals surface area contributed by atoms with Crippen LogP contribution in [0.2, 0.25) is 15.3 Å². The number of rotatable bonds is 4. The van der Waals surface area contributed by atoms with Gasteiger partial charge in [-0.25, -0.2) is 4.98 Å². The van der Waals surface area contributed by atoms with Crippen molar-refractivity contribution < 1.29 is 0 Å². The minimum Gasteiger partial charge on any atom is -0.394 e. The fourth-order valence-electron chi connectivity index (χ4n) is 1.92. The summed E-state index contributed by atoms with van der Waals surface area (Å²) in [6, 6.07) is 5.15. The first-order valence-corrected chi connectivity index (χ1v) is 7.52. The van der Waals surface area contributed by atoms with E-state index in [0.29, 0.717) is 27.2 Å². The Morgan fingerprint density at radius 3 is 2.64 bits per heavy atom. The Balaban J connectivity index is 2.33. The molecule has 0 bridgehead atoms. The normalized spacial score (nSPS) is 12.6. The molecule has 0 amide bonds. The smallest absolute Gasteiger partial charge is 0.225 e. The summed E-state index contributed by atoms with van der Waals surface area (Å²) >= 11 is 18.0. The van der Waals surface area contributed by atoms with Crippen LogP contribution in [0.4, 0.5) is 11.5 Å². The Labute approximate surface area is 143 Å². The average molecular weight is 359 g/mol. The maximum atomic E-state index is 6.21. The van der Waals surface area contributed by atoms with Crippen LogP contribution in [0, 0.1) is 0 Å². The Hall–Kier alpha value is -1.56. The molecule has 0 saturated carbocycles. The number of halogens is 3. The number of nitrogens with zero attached hydrogens (tertiary/aromatic N) is 3. The largest absolute Gasteiger partial charge is 0.394 e. The molecule has 0 aliphatic rings. The van der Waals surface area contributed by atoms with Crippen molar-refractivity contribution in [3.8, 4) is 0 Å². The first-order valence-electron chi connectivity index (χ1n) is 6.39. The fraction of sp³-hybridized carbons (Fsp3) is 0.214. The first kappa shape index (κ1) is 16.8. The molecule has 1 atom stereocenters. The Kier molecular flexibility index (Phi) is 5.45. The van der Waals surface area contributed by atoms with Gasteiger partial charge in [-0.1, -0.05) is 29.3 Å². The molecule has 1 aromatic carbocycles. The van der Waals surface area contributed by atoms with Gasteiger partial charge in [-0.05, 0) is 36.2 Å². The molecule has 8 heteroatoms. The molecule has 1 aromatic heterocycles. The van der Waals surface area contributed by atoms with Gasteiger partial charge in [0, 0.05) is 23.3 Å². The van der Waals surface area contributed by atoms with Crippen LogP contribution in [0.25, 0.3) is 0 Å². The summed E-state index contributed by atoms with van der Waals surface area (Å²) in [4.78, 5) is 12.0. The Morgan fingerprint density at radius 2 is 2.00 bits per heavy atom. The topological polar surface area (TPSA) is 76.2 Å². The van der Waals surface area contributed by atoms with Gasteiger partial charge in [0.05, 0.1) is 6.04 Å². The molecule has 5 nitrogen and oxygen atoms in total. The number of nitrogens with two attached hydrogens (primary N) is 1. The molecule has 1 unspecified atom stereocenters. The van der Waals surface area contributed by atoms with E-state index in [0.717, 1.165) is 5.56 Å². The number of nitrogens with one attached hydrogen (secondary N) is 1. The van der Waals surface area contributed by atoms with Gasteiger partial charge in [-0.3, -0.25) is 4.99 Å². The fourth-order valence-corrected chi connectivity index (χ4v) is 2.67. The standard InChI is InChI=1S/C14H14Cl3N5/c1-7(9-4-3-8(15)5-10(9)16)20-13-12(18)11(6-19-2)21-14(17)22-13/h3-7H,18H2,1-2H3,(H,20,21,22). The first-order chi connectivity index (χ1) is 10.4. The predicted molar refractivity (Wildman–Crippen MR) is 93.5 cm³/mol. The van der Waals surface area contributed by atoms with Gasteiger partial charge >= 0.3 is 0 Å². The minimum atomic E-state index is -0.149. The van der Waals surface area contributed by atoms with Crippen molar-refractivity contribution in [2.45, 2.75) is 13.0 Å². The number of benzene rings is 1. The van der Waals surface area contributed by atoms with E-state index in [2.05, 4.69) is 20.3 Å². The van der Waals surface area contributed by atoms with Crippen LogP contribution >= 0.6 is 34.8 Å². The number of hydrogen-bond donors (Lipinski definition) is 2. The van der Waals surface area contributed by atoms with Crippen molar-refractivity contribution >= 4 is 52.5 Å². The maximum absolute atomic E-state index is 6.21. The van der Waals surface area contributed by atoms with Gasteiger partial charge in [0.15, 0.2) is 5.82 Å². The number of nitrogen functional groups attached to an aromatic ring is 1. The van der Waals surface area contributed by atoms with Gasteiger partial charge in [0.25, 0.3) is 0 Å². The molecular weight excluding hydrogens is 345 g/mol. The molecule has 22 heavy (non-hydrogen) atoms. The lowest BCUT2D eigenvalue weighted by molar-refractivity contribution is 0.873. The van der Waals surface area contributed by atoms with Crippen LogP contribution in [-0.2, 0) is 0 Å². The van der Waals surface area contributed by atoms with Gasteiger partial charge in [0.1, 0.15) is 11.4 Å². The SMILES string of the molecule is CN=Cc1nc(Cl)nc(NC(C)c2ccc(Cl)cc2Cl)c1N. The molecule has 1 heterocycles. The van der Waals surface area contributed by atoms with Crippen LogP contribution in [0.3, 0.4) is 0 Å². The number of hydrogen-bond acceptors (Lipinski definition) is 5. The lowest BCUT2D eigenvalue weighted by atomic mass is 10.1. The second-order valence-electron chi connectivity index (χ2n) is 4.56. The quantitative estimate of drug-likeness (QED) is 0.633. The highest BCUT2D eigenvalue weighted by Crippen LogP contribution is 2.30. The van der Waals surface area contributed by atoms with Crippen LogP contribution in [0.15, 0.2) is 23.2 Å².